The fourth-order valence-electron chi connectivity index (χ4n) is 2.48. The van der Waals surface area contributed by atoms with E-state index in [2.05, 4.69) is 5.16 Å². The predicted molar refractivity (Wildman–Crippen MR) is 86.6 cm³/mol. The summed E-state index contributed by atoms with van der Waals surface area (Å²) in [6.45, 7) is 3.75. The van der Waals surface area contributed by atoms with Crippen LogP contribution in [0.1, 0.15) is 21.7 Å². The molecule has 6 heteroatoms. The lowest BCUT2D eigenvalue weighted by atomic mass is 10.1. The molecule has 0 bridgehead atoms. The van der Waals surface area contributed by atoms with Crippen LogP contribution in [-0.2, 0) is 0 Å². The van der Waals surface area contributed by atoms with E-state index in [0.29, 0.717) is 22.2 Å². The predicted octanol–water partition coefficient (Wildman–Crippen LogP) is 4.00. The molecule has 0 unspecified atom stereocenters. The van der Waals surface area contributed by atoms with Crippen LogP contribution in [0.5, 0.6) is 5.75 Å². The van der Waals surface area contributed by atoms with Gasteiger partial charge in [-0.15, -0.1) is 0 Å². The van der Waals surface area contributed by atoms with Crippen molar-refractivity contribution >= 4 is 17.4 Å². The SMILES string of the molecule is Cc1cc(C(=O)COc2ccc(Cl)cc2)c(C)n1-c1ccon1. The van der Waals surface area contributed by atoms with Gasteiger partial charge in [0.25, 0.3) is 0 Å². The quantitative estimate of drug-likeness (QED) is 0.663. The summed E-state index contributed by atoms with van der Waals surface area (Å²) >= 11 is 5.82. The van der Waals surface area contributed by atoms with Gasteiger partial charge >= 0.3 is 0 Å². The van der Waals surface area contributed by atoms with Gasteiger partial charge in [-0.1, -0.05) is 16.8 Å². The lowest BCUT2D eigenvalue weighted by Gasteiger charge is -2.07. The van der Waals surface area contributed by atoms with Crippen LogP contribution in [0.2, 0.25) is 5.02 Å². The molecule has 0 radical (unpaired) electrons. The van der Waals surface area contributed by atoms with Gasteiger partial charge in [-0.3, -0.25) is 9.36 Å². The van der Waals surface area contributed by atoms with Crippen LogP contribution in [-0.4, -0.2) is 22.1 Å². The minimum atomic E-state index is -0.0946. The van der Waals surface area contributed by atoms with Crippen molar-refractivity contribution in [3.05, 3.63) is 64.6 Å². The van der Waals surface area contributed by atoms with E-state index < -0.39 is 0 Å². The van der Waals surface area contributed by atoms with Crippen molar-refractivity contribution in [3.8, 4) is 11.6 Å². The number of rotatable bonds is 5. The molecule has 0 saturated heterocycles. The Morgan fingerprint density at radius 3 is 2.65 bits per heavy atom. The normalized spacial score (nSPS) is 10.7. The first-order valence-corrected chi connectivity index (χ1v) is 7.45. The van der Waals surface area contributed by atoms with Crippen molar-refractivity contribution in [3.63, 3.8) is 0 Å². The lowest BCUT2D eigenvalue weighted by Crippen LogP contribution is -2.12. The molecule has 0 aliphatic carbocycles. The number of halogens is 1. The first kappa shape index (κ1) is 15.4. The maximum absolute atomic E-state index is 12.4. The molecule has 0 fully saturated rings. The molecule has 3 aromatic rings. The van der Waals surface area contributed by atoms with Crippen molar-refractivity contribution in [2.75, 3.05) is 6.61 Å². The second kappa shape index (κ2) is 6.30. The number of Topliss-reactive ketones (excluding diaryl/α,β-unsaturated/α-hetero) is 1. The highest BCUT2D eigenvalue weighted by Gasteiger charge is 2.18. The summed E-state index contributed by atoms with van der Waals surface area (Å²) in [5.74, 6) is 1.16. The second-order valence-electron chi connectivity index (χ2n) is 5.14. The number of aryl methyl sites for hydroxylation is 1. The summed E-state index contributed by atoms with van der Waals surface area (Å²) in [7, 11) is 0. The summed E-state index contributed by atoms with van der Waals surface area (Å²) in [6, 6.07) is 10.5. The number of benzene rings is 1. The summed E-state index contributed by atoms with van der Waals surface area (Å²) in [5.41, 5.74) is 2.33. The van der Waals surface area contributed by atoms with Crippen LogP contribution in [0, 0.1) is 13.8 Å². The molecule has 0 N–H and O–H groups in total. The van der Waals surface area contributed by atoms with E-state index in [-0.39, 0.29) is 12.4 Å². The molecule has 1 aromatic carbocycles. The van der Waals surface area contributed by atoms with Gasteiger partial charge in [-0.05, 0) is 44.2 Å². The van der Waals surface area contributed by atoms with E-state index in [4.69, 9.17) is 20.9 Å². The minimum Gasteiger partial charge on any atom is -0.485 e. The number of hydrogen-bond acceptors (Lipinski definition) is 4. The molecule has 0 amide bonds. The number of nitrogens with zero attached hydrogens (tertiary/aromatic N) is 2. The van der Waals surface area contributed by atoms with Crippen molar-refractivity contribution in [2.24, 2.45) is 0 Å². The Balaban J connectivity index is 1.78. The fourth-order valence-corrected chi connectivity index (χ4v) is 2.60. The van der Waals surface area contributed by atoms with Gasteiger partial charge < -0.3 is 9.26 Å². The Kier molecular flexibility index (Phi) is 4.21. The second-order valence-corrected chi connectivity index (χ2v) is 5.58. The zero-order chi connectivity index (χ0) is 16.4. The highest BCUT2D eigenvalue weighted by molar-refractivity contribution is 6.30. The van der Waals surface area contributed by atoms with Gasteiger partial charge in [0.2, 0.25) is 5.78 Å². The number of ether oxygens (including phenoxy) is 1. The number of aromatic nitrogens is 2. The van der Waals surface area contributed by atoms with Gasteiger partial charge in [0, 0.05) is 28.0 Å². The van der Waals surface area contributed by atoms with Crippen molar-refractivity contribution in [1.82, 2.24) is 9.72 Å². The fraction of sp³-hybridized carbons (Fsp3) is 0.176. The Morgan fingerprint density at radius 1 is 1.26 bits per heavy atom. The van der Waals surface area contributed by atoms with E-state index in [9.17, 15) is 4.79 Å². The molecule has 118 valence electrons. The summed E-state index contributed by atoms with van der Waals surface area (Å²) in [6.07, 6.45) is 1.50. The Labute approximate surface area is 138 Å². The molecule has 0 aliphatic rings. The molecular formula is C17H15ClN2O3. The van der Waals surface area contributed by atoms with E-state index in [1.54, 1.807) is 30.3 Å². The Hall–Kier alpha value is -2.53. The number of carbonyl (C=O) groups excluding carboxylic acids is 1. The molecule has 3 rings (SSSR count). The molecule has 23 heavy (non-hydrogen) atoms. The number of carbonyl (C=O) groups is 1. The molecule has 0 saturated carbocycles. The molecular weight excluding hydrogens is 316 g/mol. The minimum absolute atomic E-state index is 0.0370. The van der Waals surface area contributed by atoms with Gasteiger partial charge in [0.05, 0.1) is 0 Å². The molecule has 0 spiro atoms. The van der Waals surface area contributed by atoms with Crippen LogP contribution < -0.4 is 4.74 Å². The smallest absolute Gasteiger partial charge is 0.202 e. The third-order valence-electron chi connectivity index (χ3n) is 3.57. The van der Waals surface area contributed by atoms with Crippen molar-refractivity contribution in [1.29, 1.82) is 0 Å². The topological polar surface area (TPSA) is 57.3 Å². The molecule has 5 nitrogen and oxygen atoms in total. The standard InChI is InChI=1S/C17H15ClN2O3/c1-11-9-15(12(2)20(11)17-7-8-23-19-17)16(21)10-22-14-5-3-13(18)4-6-14/h3-9H,10H2,1-2H3. The summed E-state index contributed by atoms with van der Waals surface area (Å²) in [5, 5.41) is 4.54. The zero-order valence-corrected chi connectivity index (χ0v) is 13.5. The first-order valence-electron chi connectivity index (χ1n) is 7.07. The largest absolute Gasteiger partial charge is 0.485 e. The monoisotopic (exact) mass is 330 g/mol. The van der Waals surface area contributed by atoms with E-state index in [0.717, 1.165) is 11.4 Å². The van der Waals surface area contributed by atoms with Gasteiger partial charge in [0.15, 0.2) is 12.4 Å². The van der Waals surface area contributed by atoms with Gasteiger partial charge in [-0.2, -0.15) is 0 Å². The van der Waals surface area contributed by atoms with E-state index >= 15 is 0 Å². The molecule has 0 atom stereocenters. The van der Waals surface area contributed by atoms with E-state index in [1.165, 1.54) is 6.26 Å². The molecule has 2 heterocycles. The maximum atomic E-state index is 12.4. The van der Waals surface area contributed by atoms with E-state index in [1.807, 2.05) is 24.5 Å². The third kappa shape index (κ3) is 3.14. The summed E-state index contributed by atoms with van der Waals surface area (Å²) in [4.78, 5) is 12.4. The average molecular weight is 331 g/mol. The van der Waals surface area contributed by atoms with Crippen LogP contribution in [0.3, 0.4) is 0 Å². The zero-order valence-electron chi connectivity index (χ0n) is 12.7. The number of hydrogen-bond donors (Lipinski definition) is 0. The van der Waals surface area contributed by atoms with Crippen LogP contribution >= 0.6 is 11.6 Å². The molecule has 0 aliphatic heterocycles. The van der Waals surface area contributed by atoms with Crippen LogP contribution in [0.25, 0.3) is 5.82 Å². The average Bonchev–Trinajstić information content (AvgIpc) is 3.14. The lowest BCUT2D eigenvalue weighted by molar-refractivity contribution is 0.0921. The highest BCUT2D eigenvalue weighted by Crippen LogP contribution is 2.21. The summed E-state index contributed by atoms with van der Waals surface area (Å²) < 4.78 is 12.3. The van der Waals surface area contributed by atoms with Crippen molar-refractivity contribution < 1.29 is 14.1 Å². The first-order chi connectivity index (χ1) is 11.1. The Bertz CT molecular complexity index is 820. The van der Waals surface area contributed by atoms with Crippen molar-refractivity contribution in [2.45, 2.75) is 13.8 Å². The third-order valence-corrected chi connectivity index (χ3v) is 3.82. The van der Waals surface area contributed by atoms with Gasteiger partial charge in [0.1, 0.15) is 12.0 Å². The Morgan fingerprint density at radius 2 is 2.00 bits per heavy atom. The molecule has 2 aromatic heterocycles. The number of ketones is 1. The van der Waals surface area contributed by atoms with Crippen LogP contribution in [0.4, 0.5) is 0 Å². The van der Waals surface area contributed by atoms with Crippen LogP contribution in [0.15, 0.2) is 47.2 Å². The maximum Gasteiger partial charge on any atom is 0.202 e. The highest BCUT2D eigenvalue weighted by atomic mass is 35.5. The van der Waals surface area contributed by atoms with Gasteiger partial charge in [-0.25, -0.2) is 0 Å².